The standard InChI is InChI=1S/C21H26O4.C20H26O3.C9H9BrO2.C8H7BrO2/c1-4-5-12-24-13-14-25-19-10-8-17(9-11-19)18-7-6-16(2)20(15-18)21(22)23-3;1-3-4-11-22-12-13-23-20-9-7-17(8-10-20)18-6-5-16(2)19(14-18)15-21;1-6-3-4-7(10)5-8(6)9(11)12-2;1-5-2-3-6(9)4-7(5)8(10)11/h6-11,15H,4-5,12-14H2,1-3H3;5-10,14,21H,3-4,11-13,15H2,1-2H3;3-5H,1-2H3;2-4H,1H3,(H,10,11). The zero-order valence-corrected chi connectivity index (χ0v) is 45.3. The number of carbonyl (C=O) groups excluding carboxylic acids is 2. The molecule has 380 valence electrons. The van der Waals surface area contributed by atoms with Crippen molar-refractivity contribution in [1.82, 2.24) is 0 Å². The molecule has 0 aliphatic carbocycles. The molecule has 0 amide bonds. The lowest BCUT2D eigenvalue weighted by Crippen LogP contribution is -2.07. The summed E-state index contributed by atoms with van der Waals surface area (Å²) in [6, 6.07) is 38.5. The number of aromatic carboxylic acids is 1. The summed E-state index contributed by atoms with van der Waals surface area (Å²) in [5.74, 6) is 0.158. The Morgan fingerprint density at radius 2 is 0.845 bits per heavy atom. The van der Waals surface area contributed by atoms with Gasteiger partial charge in [0, 0.05) is 22.2 Å². The van der Waals surface area contributed by atoms with Crippen LogP contribution in [0.3, 0.4) is 0 Å². The minimum Gasteiger partial charge on any atom is -0.491 e. The van der Waals surface area contributed by atoms with Gasteiger partial charge >= 0.3 is 17.9 Å². The fourth-order valence-corrected chi connectivity index (χ4v) is 7.24. The lowest BCUT2D eigenvalue weighted by Gasteiger charge is -2.10. The monoisotopic (exact) mass is 1100 g/mol. The van der Waals surface area contributed by atoms with Crippen LogP contribution in [0.15, 0.2) is 130 Å². The van der Waals surface area contributed by atoms with Gasteiger partial charge in [-0.15, -0.1) is 0 Å². The number of benzene rings is 6. The van der Waals surface area contributed by atoms with Gasteiger partial charge in [-0.1, -0.05) is 119 Å². The number of carboxylic acids is 1. The molecule has 6 rings (SSSR count). The topological polar surface area (TPSA) is 147 Å². The molecule has 6 aromatic carbocycles. The number of rotatable bonds is 20. The maximum Gasteiger partial charge on any atom is 0.338 e. The average molecular weight is 1100 g/mol. The van der Waals surface area contributed by atoms with Crippen LogP contribution in [-0.2, 0) is 25.6 Å². The summed E-state index contributed by atoms with van der Waals surface area (Å²) in [5.41, 5.74) is 10.4. The number of esters is 2. The predicted molar refractivity (Wildman–Crippen MR) is 289 cm³/mol. The van der Waals surface area contributed by atoms with Crippen molar-refractivity contribution in [3.8, 4) is 33.8 Å². The molecule has 0 saturated heterocycles. The summed E-state index contributed by atoms with van der Waals surface area (Å²) < 4.78 is 33.4. The number of unbranched alkanes of at least 4 members (excludes halogenated alkanes) is 2. The molecule has 2 N–H and O–H groups in total. The maximum atomic E-state index is 11.8. The summed E-state index contributed by atoms with van der Waals surface area (Å²) in [6.45, 7) is 15.8. The van der Waals surface area contributed by atoms with Crippen molar-refractivity contribution in [2.45, 2.75) is 73.8 Å². The highest BCUT2D eigenvalue weighted by molar-refractivity contribution is 9.10. The Morgan fingerprint density at radius 3 is 1.25 bits per heavy atom. The van der Waals surface area contributed by atoms with Crippen molar-refractivity contribution in [3.05, 3.63) is 175 Å². The fourth-order valence-electron chi connectivity index (χ4n) is 6.52. The molecule has 0 spiro atoms. The Morgan fingerprint density at radius 1 is 0.465 bits per heavy atom. The van der Waals surface area contributed by atoms with Crippen molar-refractivity contribution in [1.29, 1.82) is 0 Å². The van der Waals surface area contributed by atoms with Crippen LogP contribution < -0.4 is 9.47 Å². The van der Waals surface area contributed by atoms with Gasteiger partial charge in [-0.25, -0.2) is 14.4 Å². The van der Waals surface area contributed by atoms with Crippen LogP contribution in [-0.4, -0.2) is 82.0 Å². The summed E-state index contributed by atoms with van der Waals surface area (Å²) in [4.78, 5) is 33.5. The maximum absolute atomic E-state index is 11.8. The first-order valence-electron chi connectivity index (χ1n) is 23.5. The van der Waals surface area contributed by atoms with E-state index in [2.05, 4.69) is 56.5 Å². The second kappa shape index (κ2) is 32.9. The lowest BCUT2D eigenvalue weighted by atomic mass is 10.00. The summed E-state index contributed by atoms with van der Waals surface area (Å²) in [5, 5.41) is 18.0. The van der Waals surface area contributed by atoms with Crippen LogP contribution in [0.25, 0.3) is 22.3 Å². The molecule has 0 aliphatic rings. The molecule has 6 aromatic rings. The van der Waals surface area contributed by atoms with Gasteiger partial charge in [0.1, 0.15) is 24.7 Å². The number of methoxy groups -OCH3 is 2. The molecule has 11 nitrogen and oxygen atoms in total. The highest BCUT2D eigenvalue weighted by Crippen LogP contribution is 2.27. The third-order valence-corrected chi connectivity index (χ3v) is 11.8. The Bertz CT molecular complexity index is 2560. The van der Waals surface area contributed by atoms with Crippen molar-refractivity contribution < 1.29 is 53.0 Å². The smallest absolute Gasteiger partial charge is 0.338 e. The SMILES string of the molecule is CCCCOCCOc1ccc(-c2ccc(C)c(C(=O)OC)c2)cc1.CCCCOCCOc1ccc(-c2ccc(C)c(CO)c2)cc1.COC(=O)c1cc(Br)ccc1C.Cc1ccc(Br)cc1C(=O)O. The van der Waals surface area contributed by atoms with Gasteiger partial charge in [-0.3, -0.25) is 0 Å². The van der Waals surface area contributed by atoms with Crippen molar-refractivity contribution in [2.24, 2.45) is 0 Å². The van der Waals surface area contributed by atoms with E-state index >= 15 is 0 Å². The highest BCUT2D eigenvalue weighted by Gasteiger charge is 2.12. The molecule has 0 bridgehead atoms. The number of aryl methyl sites for hydroxylation is 4. The first-order chi connectivity index (χ1) is 34.1. The van der Waals surface area contributed by atoms with Crippen LogP contribution in [0.2, 0.25) is 0 Å². The Balaban J connectivity index is 0.000000265. The first-order valence-corrected chi connectivity index (χ1v) is 25.1. The molecule has 0 unspecified atom stereocenters. The normalized spacial score (nSPS) is 10.3. The van der Waals surface area contributed by atoms with E-state index in [0.29, 0.717) is 43.1 Å². The third kappa shape index (κ3) is 21.2. The molecule has 0 radical (unpaired) electrons. The van der Waals surface area contributed by atoms with E-state index in [0.717, 1.165) is 109 Å². The molecule has 0 fully saturated rings. The zero-order chi connectivity index (χ0) is 52.1. The number of aliphatic hydroxyl groups excluding tert-OH is 1. The van der Waals surface area contributed by atoms with Gasteiger partial charge in [0.05, 0.1) is 50.7 Å². The second-order valence-electron chi connectivity index (χ2n) is 16.2. The second-order valence-corrected chi connectivity index (χ2v) is 18.0. The third-order valence-electron chi connectivity index (χ3n) is 10.8. The van der Waals surface area contributed by atoms with Gasteiger partial charge in [0.15, 0.2) is 0 Å². The molecule has 0 saturated carbocycles. The molecule has 0 atom stereocenters. The summed E-state index contributed by atoms with van der Waals surface area (Å²) in [6.07, 6.45) is 4.47. The molecule has 0 aromatic heterocycles. The van der Waals surface area contributed by atoms with E-state index in [1.165, 1.54) is 14.2 Å². The zero-order valence-electron chi connectivity index (χ0n) is 42.1. The Hall–Kier alpha value is -5.83. The molecular formula is C58H68Br2O11. The minimum absolute atomic E-state index is 0.0684. The molecule has 71 heavy (non-hydrogen) atoms. The minimum atomic E-state index is -0.885. The lowest BCUT2D eigenvalue weighted by molar-refractivity contribution is 0.0591. The Kier molecular flexibility index (Phi) is 27.6. The van der Waals surface area contributed by atoms with E-state index < -0.39 is 5.97 Å². The number of carbonyl (C=O) groups is 3. The largest absolute Gasteiger partial charge is 0.491 e. The van der Waals surface area contributed by atoms with Crippen molar-refractivity contribution in [2.75, 3.05) is 53.9 Å². The van der Waals surface area contributed by atoms with Gasteiger partial charge in [-0.2, -0.15) is 0 Å². The first kappa shape index (κ1) is 59.5. The summed E-state index contributed by atoms with van der Waals surface area (Å²) >= 11 is 6.49. The van der Waals surface area contributed by atoms with Gasteiger partial charge in [0.25, 0.3) is 0 Å². The average Bonchev–Trinajstić information content (AvgIpc) is 3.38. The van der Waals surface area contributed by atoms with Crippen LogP contribution in [0, 0.1) is 27.7 Å². The molecule has 0 heterocycles. The Labute approximate surface area is 436 Å². The number of halogens is 2. The molecular weight excluding hydrogens is 1030 g/mol. The van der Waals surface area contributed by atoms with E-state index in [1.807, 2.05) is 118 Å². The van der Waals surface area contributed by atoms with Gasteiger partial charge in [0.2, 0.25) is 0 Å². The van der Waals surface area contributed by atoms with Crippen LogP contribution >= 0.6 is 31.9 Å². The van der Waals surface area contributed by atoms with Crippen LogP contribution in [0.5, 0.6) is 11.5 Å². The number of carboxylic acid groups (broad SMARTS) is 1. The number of aliphatic hydroxyl groups is 1. The van der Waals surface area contributed by atoms with E-state index in [9.17, 15) is 19.5 Å². The van der Waals surface area contributed by atoms with Gasteiger partial charge in [-0.05, 0) is 151 Å². The number of hydrogen-bond acceptors (Lipinski definition) is 10. The highest BCUT2D eigenvalue weighted by atomic mass is 79.9. The molecule has 13 heteroatoms. The van der Waals surface area contributed by atoms with Gasteiger partial charge < -0.3 is 38.6 Å². The summed E-state index contributed by atoms with van der Waals surface area (Å²) in [7, 11) is 2.77. The van der Waals surface area contributed by atoms with E-state index in [4.69, 9.17) is 28.8 Å². The van der Waals surface area contributed by atoms with Crippen LogP contribution in [0.4, 0.5) is 0 Å². The van der Waals surface area contributed by atoms with Crippen LogP contribution in [0.1, 0.15) is 98.4 Å². The van der Waals surface area contributed by atoms with Crippen molar-refractivity contribution in [3.63, 3.8) is 0 Å². The predicted octanol–water partition coefficient (Wildman–Crippen LogP) is 14.0. The van der Waals surface area contributed by atoms with Crippen molar-refractivity contribution >= 4 is 49.8 Å². The van der Waals surface area contributed by atoms with E-state index in [-0.39, 0.29) is 18.5 Å². The number of ether oxygens (including phenoxy) is 6. The fraction of sp³-hybridized carbons (Fsp3) is 0.328. The number of hydrogen-bond donors (Lipinski definition) is 2. The quantitative estimate of drug-likeness (QED) is 0.0556. The molecule has 0 aliphatic heterocycles. The van der Waals surface area contributed by atoms with E-state index in [1.54, 1.807) is 25.1 Å².